The van der Waals surface area contributed by atoms with Crippen molar-refractivity contribution in [2.45, 2.75) is 19.9 Å². The maximum Gasteiger partial charge on any atom is 0.140 e. The summed E-state index contributed by atoms with van der Waals surface area (Å²) in [7, 11) is 1.84. The van der Waals surface area contributed by atoms with Crippen LogP contribution in [0.15, 0.2) is 11.4 Å². The second kappa shape index (κ2) is 6.06. The Morgan fingerprint density at radius 3 is 2.94 bits per heavy atom. The summed E-state index contributed by atoms with van der Waals surface area (Å²) < 4.78 is 1.67. The lowest BCUT2D eigenvalue weighted by molar-refractivity contribution is 0.280. The number of rotatable bonds is 6. The SMILES string of the molecule is CCN(CCC(N)=NO)Cc1cn(C)nn1. The Balaban J connectivity index is 2.43. The Morgan fingerprint density at radius 2 is 2.44 bits per heavy atom. The van der Waals surface area contributed by atoms with E-state index >= 15 is 0 Å². The first kappa shape index (κ1) is 12.4. The number of nitrogens with zero attached hydrogens (tertiary/aromatic N) is 5. The molecule has 16 heavy (non-hydrogen) atoms. The van der Waals surface area contributed by atoms with Gasteiger partial charge in [0.05, 0.1) is 5.69 Å². The number of aryl methyl sites for hydroxylation is 1. The van der Waals surface area contributed by atoms with Crippen LogP contribution in [0.5, 0.6) is 0 Å². The van der Waals surface area contributed by atoms with Gasteiger partial charge in [0, 0.05) is 32.8 Å². The number of hydrogen-bond donors (Lipinski definition) is 2. The van der Waals surface area contributed by atoms with Gasteiger partial charge in [-0.1, -0.05) is 17.3 Å². The van der Waals surface area contributed by atoms with E-state index < -0.39 is 0 Å². The van der Waals surface area contributed by atoms with Crippen LogP contribution in [0.25, 0.3) is 0 Å². The van der Waals surface area contributed by atoms with Crippen molar-refractivity contribution in [3.63, 3.8) is 0 Å². The number of hydrogen-bond acceptors (Lipinski definition) is 5. The summed E-state index contributed by atoms with van der Waals surface area (Å²) >= 11 is 0. The zero-order valence-corrected chi connectivity index (χ0v) is 9.67. The molecule has 0 aliphatic heterocycles. The van der Waals surface area contributed by atoms with Crippen LogP contribution in [-0.4, -0.2) is 44.0 Å². The van der Waals surface area contributed by atoms with E-state index in [2.05, 4.69) is 27.3 Å². The Labute approximate surface area is 94.5 Å². The van der Waals surface area contributed by atoms with Gasteiger partial charge in [-0.15, -0.1) is 5.10 Å². The summed E-state index contributed by atoms with van der Waals surface area (Å²) in [5.74, 6) is 0.248. The summed E-state index contributed by atoms with van der Waals surface area (Å²) in [5, 5.41) is 19.3. The molecule has 0 unspecified atom stereocenters. The lowest BCUT2D eigenvalue weighted by Crippen LogP contribution is -2.28. The molecule has 0 bridgehead atoms. The molecule has 90 valence electrons. The highest BCUT2D eigenvalue weighted by atomic mass is 16.4. The van der Waals surface area contributed by atoms with E-state index in [-0.39, 0.29) is 5.84 Å². The second-order valence-corrected chi connectivity index (χ2v) is 3.59. The van der Waals surface area contributed by atoms with E-state index in [9.17, 15) is 0 Å². The number of nitrogens with two attached hydrogens (primary N) is 1. The van der Waals surface area contributed by atoms with Crippen LogP contribution in [0.4, 0.5) is 0 Å². The van der Waals surface area contributed by atoms with E-state index in [4.69, 9.17) is 10.9 Å². The molecule has 0 radical (unpaired) electrons. The van der Waals surface area contributed by atoms with Gasteiger partial charge in [0.1, 0.15) is 5.84 Å². The standard InChI is InChI=1S/C9H18N6O/c1-3-15(5-4-9(10)12-16)7-8-6-14(2)13-11-8/h6,16H,3-5,7H2,1-2H3,(H2,10,12). The lowest BCUT2D eigenvalue weighted by Gasteiger charge is -2.18. The predicted octanol–water partition coefficient (Wildman–Crippen LogP) is -0.226. The molecule has 0 saturated carbocycles. The van der Waals surface area contributed by atoms with Crippen molar-refractivity contribution in [3.8, 4) is 0 Å². The van der Waals surface area contributed by atoms with Crippen LogP contribution in [-0.2, 0) is 13.6 Å². The second-order valence-electron chi connectivity index (χ2n) is 3.59. The van der Waals surface area contributed by atoms with Crippen molar-refractivity contribution >= 4 is 5.84 Å². The highest BCUT2D eigenvalue weighted by molar-refractivity contribution is 5.79. The van der Waals surface area contributed by atoms with E-state index in [1.807, 2.05) is 13.2 Å². The fraction of sp³-hybridized carbons (Fsp3) is 0.667. The highest BCUT2D eigenvalue weighted by Crippen LogP contribution is 2.00. The number of oxime groups is 1. The van der Waals surface area contributed by atoms with Gasteiger partial charge in [0.25, 0.3) is 0 Å². The van der Waals surface area contributed by atoms with E-state index in [1.54, 1.807) is 4.68 Å². The Hall–Kier alpha value is -1.63. The van der Waals surface area contributed by atoms with Crippen LogP contribution < -0.4 is 5.73 Å². The largest absolute Gasteiger partial charge is 0.409 e. The van der Waals surface area contributed by atoms with Crippen molar-refractivity contribution < 1.29 is 5.21 Å². The average Bonchev–Trinajstić information content (AvgIpc) is 2.69. The van der Waals surface area contributed by atoms with Crippen LogP contribution in [0.3, 0.4) is 0 Å². The van der Waals surface area contributed by atoms with Gasteiger partial charge in [0.15, 0.2) is 0 Å². The van der Waals surface area contributed by atoms with Crippen molar-refractivity contribution in [1.82, 2.24) is 19.9 Å². The zero-order valence-electron chi connectivity index (χ0n) is 9.67. The van der Waals surface area contributed by atoms with Gasteiger partial charge in [-0.25, -0.2) is 0 Å². The summed E-state index contributed by atoms with van der Waals surface area (Å²) in [4.78, 5) is 2.15. The average molecular weight is 226 g/mol. The van der Waals surface area contributed by atoms with Gasteiger partial charge in [0.2, 0.25) is 0 Å². The number of aromatic nitrogens is 3. The highest BCUT2D eigenvalue weighted by Gasteiger charge is 2.07. The van der Waals surface area contributed by atoms with Crippen molar-refractivity contribution in [3.05, 3.63) is 11.9 Å². The smallest absolute Gasteiger partial charge is 0.140 e. The first-order valence-corrected chi connectivity index (χ1v) is 5.19. The van der Waals surface area contributed by atoms with Gasteiger partial charge < -0.3 is 10.9 Å². The van der Waals surface area contributed by atoms with Crippen molar-refractivity contribution in [2.75, 3.05) is 13.1 Å². The minimum atomic E-state index is 0.248. The lowest BCUT2D eigenvalue weighted by atomic mass is 10.3. The number of amidine groups is 1. The van der Waals surface area contributed by atoms with Gasteiger partial charge in [-0.2, -0.15) is 0 Å². The molecule has 0 atom stereocenters. The zero-order chi connectivity index (χ0) is 12.0. The predicted molar refractivity (Wildman–Crippen MR) is 60.0 cm³/mol. The molecule has 0 aliphatic carbocycles. The van der Waals surface area contributed by atoms with Gasteiger partial charge in [-0.3, -0.25) is 9.58 Å². The molecule has 3 N–H and O–H groups in total. The molecule has 7 nitrogen and oxygen atoms in total. The normalized spacial score (nSPS) is 12.3. The summed E-state index contributed by atoms with van der Waals surface area (Å²) in [6, 6.07) is 0. The molecule has 0 spiro atoms. The minimum Gasteiger partial charge on any atom is -0.409 e. The molecular formula is C9H18N6O. The molecule has 0 amide bonds. The van der Waals surface area contributed by atoms with E-state index in [1.165, 1.54) is 0 Å². The minimum absolute atomic E-state index is 0.248. The monoisotopic (exact) mass is 226 g/mol. The maximum atomic E-state index is 8.43. The quantitative estimate of drug-likeness (QED) is 0.302. The van der Waals surface area contributed by atoms with Gasteiger partial charge >= 0.3 is 0 Å². The molecule has 0 fully saturated rings. The molecule has 1 heterocycles. The fourth-order valence-electron chi connectivity index (χ4n) is 1.37. The molecular weight excluding hydrogens is 208 g/mol. The summed E-state index contributed by atoms with van der Waals surface area (Å²) in [6.07, 6.45) is 2.43. The third kappa shape index (κ3) is 3.85. The third-order valence-electron chi connectivity index (χ3n) is 2.30. The molecule has 0 saturated heterocycles. The maximum absolute atomic E-state index is 8.43. The van der Waals surface area contributed by atoms with E-state index in [0.717, 1.165) is 25.3 Å². The first-order valence-electron chi connectivity index (χ1n) is 5.19. The molecule has 1 aromatic heterocycles. The Morgan fingerprint density at radius 1 is 1.69 bits per heavy atom. The molecule has 0 aliphatic rings. The first-order chi connectivity index (χ1) is 7.65. The summed E-state index contributed by atoms with van der Waals surface area (Å²) in [5.41, 5.74) is 6.33. The fourth-order valence-corrected chi connectivity index (χ4v) is 1.37. The van der Waals surface area contributed by atoms with Crippen LogP contribution >= 0.6 is 0 Å². The molecule has 1 aromatic rings. The Bertz CT molecular complexity index is 348. The topological polar surface area (TPSA) is 92.6 Å². The third-order valence-corrected chi connectivity index (χ3v) is 2.30. The van der Waals surface area contributed by atoms with Crippen LogP contribution in [0.2, 0.25) is 0 Å². The van der Waals surface area contributed by atoms with Crippen LogP contribution in [0, 0.1) is 0 Å². The van der Waals surface area contributed by atoms with E-state index in [0.29, 0.717) is 6.42 Å². The van der Waals surface area contributed by atoms with Gasteiger partial charge in [-0.05, 0) is 6.54 Å². The molecule has 1 rings (SSSR count). The van der Waals surface area contributed by atoms with Crippen molar-refractivity contribution in [1.29, 1.82) is 0 Å². The Kier molecular flexibility index (Phi) is 4.71. The summed E-state index contributed by atoms with van der Waals surface area (Å²) in [6.45, 7) is 4.41. The van der Waals surface area contributed by atoms with Crippen molar-refractivity contribution in [2.24, 2.45) is 17.9 Å². The molecule has 7 heteroatoms. The van der Waals surface area contributed by atoms with Crippen LogP contribution in [0.1, 0.15) is 19.0 Å². The molecule has 0 aromatic carbocycles.